The molecule has 1 unspecified atom stereocenters. The first kappa shape index (κ1) is 12.4. The smallest absolute Gasteiger partial charge is 0.203 e. The van der Waals surface area contributed by atoms with E-state index in [-0.39, 0.29) is 5.82 Å². The number of hydrogen-bond acceptors (Lipinski definition) is 3. The van der Waals surface area contributed by atoms with Crippen LogP contribution in [0.15, 0.2) is 18.2 Å². The number of nitrogens with zero attached hydrogens (tertiary/aromatic N) is 2. The van der Waals surface area contributed by atoms with Crippen LogP contribution in [0, 0.1) is 5.82 Å². The zero-order chi connectivity index (χ0) is 13.2. The SMILES string of the molecule is CCN(CC1CCCN1)c1nc2ccc(F)cc2[nH]1. The quantitative estimate of drug-likeness (QED) is 0.888. The summed E-state index contributed by atoms with van der Waals surface area (Å²) in [6.07, 6.45) is 2.46. The average Bonchev–Trinajstić information content (AvgIpc) is 3.03. The molecular formula is C14H19FN4. The van der Waals surface area contributed by atoms with E-state index in [1.165, 1.54) is 25.0 Å². The van der Waals surface area contributed by atoms with Gasteiger partial charge in [0.15, 0.2) is 0 Å². The summed E-state index contributed by atoms with van der Waals surface area (Å²) < 4.78 is 13.2. The summed E-state index contributed by atoms with van der Waals surface area (Å²) in [4.78, 5) is 9.96. The van der Waals surface area contributed by atoms with Crippen LogP contribution in [0.25, 0.3) is 11.0 Å². The molecule has 0 amide bonds. The lowest BCUT2D eigenvalue weighted by Crippen LogP contribution is -2.38. The average molecular weight is 262 g/mol. The summed E-state index contributed by atoms with van der Waals surface area (Å²) in [5.74, 6) is 0.597. The van der Waals surface area contributed by atoms with Crippen molar-refractivity contribution in [2.75, 3.05) is 24.5 Å². The standard InChI is InChI=1S/C14H19FN4/c1-2-19(9-11-4-3-7-16-11)14-17-12-6-5-10(15)8-13(12)18-14/h5-6,8,11,16H,2-4,7,9H2,1H3,(H,17,18). The Hall–Kier alpha value is -1.62. The Kier molecular flexibility index (Phi) is 3.38. The molecule has 0 radical (unpaired) electrons. The summed E-state index contributed by atoms with van der Waals surface area (Å²) in [6, 6.07) is 5.19. The van der Waals surface area contributed by atoms with Crippen molar-refractivity contribution in [2.45, 2.75) is 25.8 Å². The first-order chi connectivity index (χ1) is 9.26. The van der Waals surface area contributed by atoms with E-state index in [4.69, 9.17) is 0 Å². The van der Waals surface area contributed by atoms with Gasteiger partial charge in [-0.2, -0.15) is 0 Å². The van der Waals surface area contributed by atoms with Gasteiger partial charge in [-0.15, -0.1) is 0 Å². The third-order valence-corrected chi connectivity index (χ3v) is 3.72. The maximum atomic E-state index is 13.2. The molecule has 5 heteroatoms. The van der Waals surface area contributed by atoms with Crippen molar-refractivity contribution in [1.29, 1.82) is 0 Å². The van der Waals surface area contributed by atoms with Crippen LogP contribution in [0.5, 0.6) is 0 Å². The Bertz CT molecular complexity index is 560. The lowest BCUT2D eigenvalue weighted by molar-refractivity contribution is 0.581. The largest absolute Gasteiger partial charge is 0.341 e. The van der Waals surface area contributed by atoms with Crippen molar-refractivity contribution < 1.29 is 4.39 Å². The number of hydrogen-bond donors (Lipinski definition) is 2. The third-order valence-electron chi connectivity index (χ3n) is 3.72. The van der Waals surface area contributed by atoms with Crippen molar-refractivity contribution >= 4 is 17.0 Å². The molecule has 0 saturated carbocycles. The van der Waals surface area contributed by atoms with Gasteiger partial charge < -0.3 is 15.2 Å². The summed E-state index contributed by atoms with van der Waals surface area (Å²) in [6.45, 7) is 5.05. The summed E-state index contributed by atoms with van der Waals surface area (Å²) in [7, 11) is 0. The molecule has 1 aromatic carbocycles. The van der Waals surface area contributed by atoms with E-state index < -0.39 is 0 Å². The van der Waals surface area contributed by atoms with Crippen molar-refractivity contribution in [3.63, 3.8) is 0 Å². The Labute approximate surface area is 112 Å². The van der Waals surface area contributed by atoms with Gasteiger partial charge in [0.2, 0.25) is 5.95 Å². The van der Waals surface area contributed by atoms with Gasteiger partial charge in [-0.25, -0.2) is 9.37 Å². The molecule has 1 aromatic heterocycles. The first-order valence-electron chi connectivity index (χ1n) is 6.90. The molecule has 4 nitrogen and oxygen atoms in total. The second kappa shape index (κ2) is 5.17. The van der Waals surface area contributed by atoms with E-state index in [0.29, 0.717) is 6.04 Å². The molecule has 1 saturated heterocycles. The highest BCUT2D eigenvalue weighted by atomic mass is 19.1. The Morgan fingerprint density at radius 3 is 3.11 bits per heavy atom. The van der Waals surface area contributed by atoms with E-state index in [0.717, 1.165) is 36.6 Å². The van der Waals surface area contributed by atoms with Crippen LogP contribution in [0.3, 0.4) is 0 Å². The van der Waals surface area contributed by atoms with Crippen LogP contribution < -0.4 is 10.2 Å². The van der Waals surface area contributed by atoms with E-state index in [1.807, 2.05) is 0 Å². The van der Waals surface area contributed by atoms with Crippen LogP contribution in [0.4, 0.5) is 10.3 Å². The molecule has 0 aliphatic carbocycles. The molecule has 3 rings (SSSR count). The minimum Gasteiger partial charge on any atom is -0.341 e. The number of aromatic nitrogens is 2. The summed E-state index contributed by atoms with van der Waals surface area (Å²) in [5.41, 5.74) is 1.57. The summed E-state index contributed by atoms with van der Waals surface area (Å²) >= 11 is 0. The monoisotopic (exact) mass is 262 g/mol. The molecule has 2 N–H and O–H groups in total. The Balaban J connectivity index is 1.83. The van der Waals surface area contributed by atoms with Gasteiger partial charge >= 0.3 is 0 Å². The van der Waals surface area contributed by atoms with Crippen LogP contribution in [-0.4, -0.2) is 35.6 Å². The minimum absolute atomic E-state index is 0.233. The number of fused-ring (bicyclic) bond motifs is 1. The third kappa shape index (κ3) is 2.56. The van der Waals surface area contributed by atoms with E-state index in [2.05, 4.69) is 27.1 Å². The van der Waals surface area contributed by atoms with Crippen molar-refractivity contribution in [3.05, 3.63) is 24.0 Å². The predicted molar refractivity (Wildman–Crippen MR) is 75.0 cm³/mol. The second-order valence-electron chi connectivity index (χ2n) is 5.05. The van der Waals surface area contributed by atoms with Gasteiger partial charge in [0, 0.05) is 19.1 Å². The molecule has 2 heterocycles. The van der Waals surface area contributed by atoms with Gasteiger partial charge in [-0.1, -0.05) is 0 Å². The van der Waals surface area contributed by atoms with E-state index in [1.54, 1.807) is 6.07 Å². The highest BCUT2D eigenvalue weighted by Gasteiger charge is 2.19. The zero-order valence-electron chi connectivity index (χ0n) is 11.1. The Morgan fingerprint density at radius 2 is 2.37 bits per heavy atom. The molecule has 102 valence electrons. The number of likely N-dealkylation sites (N-methyl/N-ethyl adjacent to an activating group) is 1. The number of rotatable bonds is 4. The van der Waals surface area contributed by atoms with Gasteiger partial charge in [0.1, 0.15) is 5.82 Å². The Morgan fingerprint density at radius 1 is 1.47 bits per heavy atom. The molecule has 0 spiro atoms. The lowest BCUT2D eigenvalue weighted by Gasteiger charge is -2.23. The zero-order valence-corrected chi connectivity index (χ0v) is 11.1. The van der Waals surface area contributed by atoms with Gasteiger partial charge in [-0.3, -0.25) is 0 Å². The van der Waals surface area contributed by atoms with Crippen LogP contribution in [-0.2, 0) is 0 Å². The maximum absolute atomic E-state index is 13.2. The van der Waals surface area contributed by atoms with Crippen molar-refractivity contribution in [3.8, 4) is 0 Å². The topological polar surface area (TPSA) is 44.0 Å². The van der Waals surface area contributed by atoms with Crippen molar-refractivity contribution in [2.24, 2.45) is 0 Å². The van der Waals surface area contributed by atoms with Gasteiger partial charge in [0.25, 0.3) is 0 Å². The maximum Gasteiger partial charge on any atom is 0.203 e. The van der Waals surface area contributed by atoms with Crippen LogP contribution in [0.2, 0.25) is 0 Å². The number of aromatic amines is 1. The van der Waals surface area contributed by atoms with E-state index in [9.17, 15) is 4.39 Å². The van der Waals surface area contributed by atoms with Crippen LogP contribution in [0.1, 0.15) is 19.8 Å². The fraction of sp³-hybridized carbons (Fsp3) is 0.500. The lowest BCUT2D eigenvalue weighted by atomic mass is 10.2. The number of nitrogens with one attached hydrogen (secondary N) is 2. The number of anilines is 1. The predicted octanol–water partition coefficient (Wildman–Crippen LogP) is 2.28. The second-order valence-corrected chi connectivity index (χ2v) is 5.05. The van der Waals surface area contributed by atoms with Crippen molar-refractivity contribution in [1.82, 2.24) is 15.3 Å². The summed E-state index contributed by atoms with van der Waals surface area (Å²) in [5, 5.41) is 3.49. The normalized spacial score (nSPS) is 19.2. The molecule has 1 aliphatic heterocycles. The highest BCUT2D eigenvalue weighted by molar-refractivity contribution is 5.77. The van der Waals surface area contributed by atoms with Crippen LogP contribution >= 0.6 is 0 Å². The number of imidazole rings is 1. The highest BCUT2D eigenvalue weighted by Crippen LogP contribution is 2.19. The number of benzene rings is 1. The number of H-pyrrole nitrogens is 1. The molecular weight excluding hydrogens is 243 g/mol. The van der Waals surface area contributed by atoms with Gasteiger partial charge in [0.05, 0.1) is 11.0 Å². The van der Waals surface area contributed by atoms with Gasteiger partial charge in [-0.05, 0) is 44.5 Å². The molecule has 0 bridgehead atoms. The fourth-order valence-electron chi connectivity index (χ4n) is 2.66. The van der Waals surface area contributed by atoms with E-state index >= 15 is 0 Å². The molecule has 2 aromatic rings. The molecule has 1 aliphatic rings. The fourth-order valence-corrected chi connectivity index (χ4v) is 2.66. The number of halogens is 1. The minimum atomic E-state index is -0.233. The molecule has 1 fully saturated rings. The molecule has 19 heavy (non-hydrogen) atoms. The first-order valence-corrected chi connectivity index (χ1v) is 6.90. The molecule has 1 atom stereocenters.